The van der Waals surface area contributed by atoms with Gasteiger partial charge in [-0.05, 0) is 59.0 Å². The first kappa shape index (κ1) is 23.9. The zero-order chi connectivity index (χ0) is 25.5. The molecule has 0 spiro atoms. The van der Waals surface area contributed by atoms with Gasteiger partial charge >= 0.3 is 0 Å². The van der Waals surface area contributed by atoms with Crippen molar-refractivity contribution in [1.29, 1.82) is 0 Å². The highest BCUT2D eigenvalue weighted by Gasteiger charge is 2.22. The summed E-state index contributed by atoms with van der Waals surface area (Å²) in [7, 11) is 4.04. The van der Waals surface area contributed by atoms with Crippen molar-refractivity contribution in [1.82, 2.24) is 43.7 Å². The van der Waals surface area contributed by atoms with Gasteiger partial charge in [0, 0.05) is 44.6 Å². The molecule has 0 unspecified atom stereocenters. The van der Waals surface area contributed by atoms with Crippen molar-refractivity contribution in [3.63, 3.8) is 0 Å². The van der Waals surface area contributed by atoms with Crippen LogP contribution in [0.25, 0.3) is 28.9 Å². The summed E-state index contributed by atoms with van der Waals surface area (Å²) >= 11 is 0. The van der Waals surface area contributed by atoms with Crippen LogP contribution in [0.2, 0.25) is 0 Å². The van der Waals surface area contributed by atoms with Crippen molar-refractivity contribution >= 4 is 17.7 Å². The number of fused-ring (bicyclic) bond motifs is 4. The fourth-order valence-corrected chi connectivity index (χ4v) is 5.49. The molecule has 1 fully saturated rings. The van der Waals surface area contributed by atoms with Crippen molar-refractivity contribution < 1.29 is 4.74 Å². The lowest BCUT2D eigenvalue weighted by Crippen LogP contribution is -2.31. The Morgan fingerprint density at radius 2 is 1.81 bits per heavy atom. The quantitative estimate of drug-likeness (QED) is 0.427. The molecule has 0 aliphatic carbocycles. The van der Waals surface area contributed by atoms with Gasteiger partial charge in [0.1, 0.15) is 11.9 Å². The Morgan fingerprint density at radius 3 is 2.65 bits per heavy atom. The largest absolute Gasteiger partial charge is 0.473 e. The Balaban J connectivity index is 1.40. The van der Waals surface area contributed by atoms with Crippen LogP contribution in [-0.2, 0) is 20.1 Å². The predicted octanol–water partition coefficient (Wildman–Crippen LogP) is 3.11. The predicted molar refractivity (Wildman–Crippen MR) is 143 cm³/mol. The van der Waals surface area contributed by atoms with Crippen LogP contribution in [0.3, 0.4) is 0 Å². The molecule has 2 aliphatic heterocycles. The Morgan fingerprint density at radius 1 is 1.00 bits per heavy atom. The summed E-state index contributed by atoms with van der Waals surface area (Å²) in [6.45, 7) is 9.91. The van der Waals surface area contributed by atoms with E-state index in [-0.39, 0.29) is 6.10 Å². The summed E-state index contributed by atoms with van der Waals surface area (Å²) in [6, 6.07) is 0. The van der Waals surface area contributed by atoms with Gasteiger partial charge in [0.2, 0.25) is 5.88 Å². The molecule has 2 bridgehead atoms. The average Bonchev–Trinajstić information content (AvgIpc) is 3.64. The minimum atomic E-state index is -0.0486. The molecule has 6 rings (SSSR count). The number of rotatable bonds is 3. The number of ether oxygens (including phenoxy) is 1. The number of aromatic nitrogens is 7. The number of nitrogens with zero attached hydrogens (tertiary/aromatic N) is 9. The average molecular weight is 502 g/mol. The van der Waals surface area contributed by atoms with E-state index in [1.807, 2.05) is 32.6 Å². The van der Waals surface area contributed by atoms with E-state index in [1.165, 1.54) is 25.9 Å². The molecule has 0 aromatic carbocycles. The standard InChI is InChI=1S/C27H35N9O/c1-19-15-32(3)17-23-21(16-35(31-23)12-11-34-9-5-6-10-34)7-8-25-29-14-22-13-28-24(18-36(22)25)26-20(2)30-33(4)27(26)37-19/h7-8,13-14,16,18-19H,5-6,9-12,15,17H2,1-4H3/b8-7+/t19-/m0/s1. The minimum absolute atomic E-state index is 0.0486. The molecule has 0 radical (unpaired) electrons. The van der Waals surface area contributed by atoms with E-state index in [1.54, 1.807) is 4.68 Å². The lowest BCUT2D eigenvalue weighted by Gasteiger charge is -2.22. The number of imidazole rings is 1. The van der Waals surface area contributed by atoms with E-state index >= 15 is 0 Å². The van der Waals surface area contributed by atoms with Gasteiger partial charge < -0.3 is 9.64 Å². The zero-order valence-electron chi connectivity index (χ0n) is 22.1. The summed E-state index contributed by atoms with van der Waals surface area (Å²) in [5, 5.41) is 9.63. The van der Waals surface area contributed by atoms with Crippen LogP contribution in [-0.4, -0.2) is 83.1 Å². The summed E-state index contributed by atoms with van der Waals surface area (Å²) in [5.41, 5.74) is 5.72. The fourth-order valence-electron chi connectivity index (χ4n) is 5.49. The van der Waals surface area contributed by atoms with Gasteiger partial charge in [-0.25, -0.2) is 9.67 Å². The third-order valence-corrected chi connectivity index (χ3v) is 7.29. The third kappa shape index (κ3) is 4.78. The molecule has 10 heteroatoms. The molecule has 0 amide bonds. The Bertz CT molecular complexity index is 1440. The lowest BCUT2D eigenvalue weighted by atomic mass is 10.2. The monoisotopic (exact) mass is 501 g/mol. The highest BCUT2D eigenvalue weighted by atomic mass is 16.5. The van der Waals surface area contributed by atoms with Crippen molar-refractivity contribution in [2.45, 2.75) is 45.9 Å². The van der Waals surface area contributed by atoms with Gasteiger partial charge in [0.15, 0.2) is 0 Å². The molecule has 2 aliphatic rings. The topological polar surface area (TPSA) is 81.5 Å². The lowest BCUT2D eigenvalue weighted by molar-refractivity contribution is 0.148. The molecule has 1 saturated heterocycles. The fraction of sp³-hybridized carbons (Fsp3) is 0.481. The molecule has 1 atom stereocenters. The first-order valence-corrected chi connectivity index (χ1v) is 13.1. The maximum atomic E-state index is 6.48. The van der Waals surface area contributed by atoms with E-state index in [4.69, 9.17) is 14.8 Å². The van der Waals surface area contributed by atoms with Crippen molar-refractivity contribution in [3.05, 3.63) is 47.6 Å². The molecule has 0 saturated carbocycles. The van der Waals surface area contributed by atoms with Crippen LogP contribution in [0, 0.1) is 6.92 Å². The SMILES string of the molecule is Cc1nn(C)c2c1-c1cn3c(ncc3cn1)/C=C/c1cn(CCN3CCCC3)nc1CN(C)C[C@H](C)O2. The molecule has 4 aromatic rings. The number of hydrogen-bond acceptors (Lipinski definition) is 7. The van der Waals surface area contributed by atoms with E-state index in [0.29, 0.717) is 0 Å². The van der Waals surface area contributed by atoms with Crippen LogP contribution < -0.4 is 4.74 Å². The molecule has 4 aromatic heterocycles. The van der Waals surface area contributed by atoms with Gasteiger partial charge in [-0.3, -0.25) is 19.0 Å². The second kappa shape index (κ2) is 9.75. The number of aryl methyl sites for hydroxylation is 2. The third-order valence-electron chi connectivity index (χ3n) is 7.29. The van der Waals surface area contributed by atoms with Crippen LogP contribution in [0.5, 0.6) is 5.88 Å². The van der Waals surface area contributed by atoms with Gasteiger partial charge in [-0.1, -0.05) is 0 Å². The van der Waals surface area contributed by atoms with E-state index < -0.39 is 0 Å². The van der Waals surface area contributed by atoms with Gasteiger partial charge in [-0.15, -0.1) is 0 Å². The normalized spacial score (nSPS) is 19.9. The van der Waals surface area contributed by atoms with Crippen LogP contribution in [0.1, 0.15) is 42.5 Å². The maximum Gasteiger partial charge on any atom is 0.221 e. The van der Waals surface area contributed by atoms with Crippen molar-refractivity contribution in [3.8, 4) is 17.1 Å². The first-order chi connectivity index (χ1) is 17.9. The molecule has 6 heterocycles. The summed E-state index contributed by atoms with van der Waals surface area (Å²) in [5.74, 6) is 1.57. The second-order valence-electron chi connectivity index (χ2n) is 10.4. The van der Waals surface area contributed by atoms with Crippen LogP contribution in [0.4, 0.5) is 0 Å². The van der Waals surface area contributed by atoms with Gasteiger partial charge in [-0.2, -0.15) is 10.2 Å². The Kier molecular flexibility index (Phi) is 6.29. The summed E-state index contributed by atoms with van der Waals surface area (Å²) in [4.78, 5) is 14.2. The van der Waals surface area contributed by atoms with Gasteiger partial charge in [0.05, 0.1) is 47.1 Å². The van der Waals surface area contributed by atoms with E-state index in [0.717, 1.165) is 71.6 Å². The summed E-state index contributed by atoms with van der Waals surface area (Å²) < 4.78 is 12.5. The van der Waals surface area contributed by atoms with Crippen LogP contribution >= 0.6 is 0 Å². The van der Waals surface area contributed by atoms with Crippen molar-refractivity contribution in [2.24, 2.45) is 7.05 Å². The Labute approximate surface area is 217 Å². The Hall–Kier alpha value is -3.50. The van der Waals surface area contributed by atoms with Gasteiger partial charge in [0.25, 0.3) is 0 Å². The van der Waals surface area contributed by atoms with E-state index in [2.05, 4.69) is 61.3 Å². The molecular weight excluding hydrogens is 466 g/mol. The molecule has 194 valence electrons. The smallest absolute Gasteiger partial charge is 0.221 e. The minimum Gasteiger partial charge on any atom is -0.473 e. The molecule has 10 nitrogen and oxygen atoms in total. The number of hydrogen-bond donors (Lipinski definition) is 0. The highest BCUT2D eigenvalue weighted by molar-refractivity contribution is 5.72. The van der Waals surface area contributed by atoms with Crippen LogP contribution in [0.15, 0.2) is 24.8 Å². The first-order valence-electron chi connectivity index (χ1n) is 13.1. The second-order valence-corrected chi connectivity index (χ2v) is 10.4. The molecule has 37 heavy (non-hydrogen) atoms. The van der Waals surface area contributed by atoms with Crippen molar-refractivity contribution in [2.75, 3.05) is 33.2 Å². The molecular formula is C27H35N9O. The number of likely N-dealkylation sites (tertiary alicyclic amines) is 1. The van der Waals surface area contributed by atoms with E-state index in [9.17, 15) is 0 Å². The molecule has 0 N–H and O–H groups in total. The highest BCUT2D eigenvalue weighted by Crippen LogP contribution is 2.33. The maximum absolute atomic E-state index is 6.48. The zero-order valence-corrected chi connectivity index (χ0v) is 22.1. The summed E-state index contributed by atoms with van der Waals surface area (Å²) in [6.07, 6.45) is 14.7. The number of likely N-dealkylation sites (N-methyl/N-ethyl adjacent to an activating group) is 1.